The van der Waals surface area contributed by atoms with Crippen molar-refractivity contribution in [3.05, 3.63) is 80.8 Å². The maximum Gasteiger partial charge on any atom is 0.263 e. The van der Waals surface area contributed by atoms with Crippen LogP contribution in [0, 0.1) is 13.8 Å². The number of fused-ring (bicyclic) bond motifs is 1. The number of carbonyl (C=O) groups excluding carboxylic acids is 1. The van der Waals surface area contributed by atoms with Crippen molar-refractivity contribution < 1.29 is 9.21 Å². The molecule has 0 aliphatic rings. The van der Waals surface area contributed by atoms with Crippen LogP contribution in [-0.2, 0) is 24.4 Å². The van der Waals surface area contributed by atoms with Crippen LogP contribution in [-0.4, -0.2) is 26.1 Å². The highest BCUT2D eigenvalue weighted by atomic mass is 32.2. The molecule has 0 saturated heterocycles. The van der Waals surface area contributed by atoms with Crippen molar-refractivity contribution in [3.63, 3.8) is 0 Å². The van der Waals surface area contributed by atoms with Crippen LogP contribution in [0.2, 0.25) is 0 Å². The zero-order valence-corrected chi connectivity index (χ0v) is 20.0. The molecule has 0 unspecified atom stereocenters. The van der Waals surface area contributed by atoms with Gasteiger partial charge in [-0.3, -0.25) is 14.2 Å². The molecular formula is C24H25N3O3S2. The van der Waals surface area contributed by atoms with E-state index in [0.717, 1.165) is 26.6 Å². The molecule has 4 rings (SSSR count). The van der Waals surface area contributed by atoms with Crippen molar-refractivity contribution in [2.24, 2.45) is 0 Å². The molecule has 0 N–H and O–H groups in total. The highest BCUT2D eigenvalue weighted by molar-refractivity contribution is 7.99. The predicted molar refractivity (Wildman–Crippen MR) is 129 cm³/mol. The highest BCUT2D eigenvalue weighted by Gasteiger charge is 2.20. The molecule has 0 saturated carbocycles. The second kappa shape index (κ2) is 9.75. The van der Waals surface area contributed by atoms with Crippen molar-refractivity contribution in [2.45, 2.75) is 45.6 Å². The van der Waals surface area contributed by atoms with Gasteiger partial charge < -0.3 is 9.32 Å². The monoisotopic (exact) mass is 467 g/mol. The number of hydrogen-bond acceptors (Lipinski definition) is 6. The Morgan fingerprint density at radius 1 is 1.16 bits per heavy atom. The fraction of sp³-hybridized carbons (Fsp3) is 0.292. The Labute approximate surface area is 194 Å². The van der Waals surface area contributed by atoms with E-state index in [1.54, 1.807) is 15.7 Å². The Kier molecular flexibility index (Phi) is 6.81. The van der Waals surface area contributed by atoms with Crippen LogP contribution in [0.4, 0.5) is 0 Å². The first-order valence-corrected chi connectivity index (χ1v) is 12.3. The Morgan fingerprint density at radius 3 is 2.62 bits per heavy atom. The van der Waals surface area contributed by atoms with Gasteiger partial charge in [0.2, 0.25) is 5.91 Å². The molecular weight excluding hydrogens is 442 g/mol. The van der Waals surface area contributed by atoms with Crippen molar-refractivity contribution in [2.75, 3.05) is 5.75 Å². The molecule has 32 heavy (non-hydrogen) atoms. The van der Waals surface area contributed by atoms with Crippen LogP contribution >= 0.6 is 23.1 Å². The summed E-state index contributed by atoms with van der Waals surface area (Å²) in [6, 6.07) is 13.6. The Morgan fingerprint density at radius 2 is 1.94 bits per heavy atom. The largest absolute Gasteiger partial charge is 0.467 e. The molecule has 3 heterocycles. The van der Waals surface area contributed by atoms with Gasteiger partial charge in [-0.05, 0) is 44.0 Å². The average Bonchev–Trinajstić information content (AvgIpc) is 3.40. The molecule has 1 aromatic carbocycles. The summed E-state index contributed by atoms with van der Waals surface area (Å²) in [5, 5.41) is 1.27. The predicted octanol–water partition coefficient (Wildman–Crippen LogP) is 5.01. The first-order valence-electron chi connectivity index (χ1n) is 10.4. The SMILES string of the molecule is CCn1c(SCC(=O)N(Cc2ccccc2)Cc2ccco2)nc2sc(C)c(C)c2c1=O. The minimum absolute atomic E-state index is 0.0361. The second-order valence-electron chi connectivity index (χ2n) is 7.51. The number of nitrogens with zero attached hydrogens (tertiary/aromatic N) is 3. The minimum atomic E-state index is -0.0363. The third-order valence-corrected chi connectivity index (χ3v) is 7.45. The summed E-state index contributed by atoms with van der Waals surface area (Å²) in [7, 11) is 0. The highest BCUT2D eigenvalue weighted by Crippen LogP contribution is 2.28. The maximum atomic E-state index is 13.2. The molecule has 0 bridgehead atoms. The first-order chi connectivity index (χ1) is 15.5. The van der Waals surface area contributed by atoms with Gasteiger partial charge in [-0.15, -0.1) is 11.3 Å². The van der Waals surface area contributed by atoms with Gasteiger partial charge in [0, 0.05) is 18.0 Å². The lowest BCUT2D eigenvalue weighted by Crippen LogP contribution is -2.32. The number of aryl methyl sites for hydroxylation is 2. The standard InChI is InChI=1S/C24H25N3O3S2/c1-4-27-23(29)21-16(2)17(3)32-22(21)25-24(27)31-15-20(28)26(14-19-11-8-12-30-19)13-18-9-6-5-7-10-18/h5-12H,4,13-15H2,1-3H3. The molecule has 8 heteroatoms. The van der Waals surface area contributed by atoms with Gasteiger partial charge in [0.05, 0.1) is 23.9 Å². The summed E-state index contributed by atoms with van der Waals surface area (Å²) < 4.78 is 7.13. The maximum absolute atomic E-state index is 13.2. The van der Waals surface area contributed by atoms with E-state index in [1.165, 1.54) is 23.1 Å². The number of aromatic nitrogens is 2. The van der Waals surface area contributed by atoms with Crippen LogP contribution in [0.15, 0.2) is 63.1 Å². The van der Waals surface area contributed by atoms with Crippen LogP contribution in [0.3, 0.4) is 0 Å². The molecule has 0 aliphatic carbocycles. The summed E-state index contributed by atoms with van der Waals surface area (Å²) >= 11 is 2.84. The van der Waals surface area contributed by atoms with E-state index in [1.807, 2.05) is 63.2 Å². The summed E-state index contributed by atoms with van der Waals surface area (Å²) in [4.78, 5) is 34.6. The minimum Gasteiger partial charge on any atom is -0.467 e. The molecule has 0 aliphatic heterocycles. The van der Waals surface area contributed by atoms with Crippen LogP contribution in [0.5, 0.6) is 0 Å². The third kappa shape index (κ3) is 4.66. The van der Waals surface area contributed by atoms with Crippen LogP contribution in [0.1, 0.15) is 28.7 Å². The van der Waals surface area contributed by atoms with Gasteiger partial charge in [0.25, 0.3) is 5.56 Å². The molecule has 1 amide bonds. The van der Waals surface area contributed by atoms with E-state index in [2.05, 4.69) is 0 Å². The van der Waals surface area contributed by atoms with Crippen LogP contribution < -0.4 is 5.56 Å². The van der Waals surface area contributed by atoms with Gasteiger partial charge in [-0.25, -0.2) is 4.98 Å². The molecule has 0 radical (unpaired) electrons. The Balaban J connectivity index is 1.57. The topological polar surface area (TPSA) is 68.3 Å². The molecule has 0 atom stereocenters. The van der Waals surface area contributed by atoms with Gasteiger partial charge >= 0.3 is 0 Å². The Bertz CT molecular complexity index is 1280. The van der Waals surface area contributed by atoms with E-state index in [-0.39, 0.29) is 17.2 Å². The fourth-order valence-electron chi connectivity index (χ4n) is 3.54. The van der Waals surface area contributed by atoms with E-state index in [9.17, 15) is 9.59 Å². The number of amides is 1. The summed E-state index contributed by atoms with van der Waals surface area (Å²) in [6.07, 6.45) is 1.61. The van der Waals surface area contributed by atoms with Gasteiger partial charge in [-0.2, -0.15) is 0 Å². The van der Waals surface area contributed by atoms with Crippen LogP contribution in [0.25, 0.3) is 10.2 Å². The lowest BCUT2D eigenvalue weighted by molar-refractivity contribution is -0.129. The number of benzene rings is 1. The smallest absolute Gasteiger partial charge is 0.263 e. The summed E-state index contributed by atoms with van der Waals surface area (Å²) in [6.45, 7) is 7.27. The molecule has 166 valence electrons. The molecule has 3 aromatic heterocycles. The van der Waals surface area contributed by atoms with Gasteiger partial charge in [-0.1, -0.05) is 42.1 Å². The molecule has 0 spiro atoms. The number of thioether (sulfide) groups is 1. The molecule has 4 aromatic rings. The van der Waals surface area contributed by atoms with Crippen molar-refractivity contribution in [1.29, 1.82) is 0 Å². The van der Waals surface area contributed by atoms with Crippen molar-refractivity contribution in [1.82, 2.24) is 14.5 Å². The van der Waals surface area contributed by atoms with Crippen molar-refractivity contribution in [3.8, 4) is 0 Å². The van der Waals surface area contributed by atoms with Crippen molar-refractivity contribution >= 4 is 39.2 Å². The number of hydrogen-bond donors (Lipinski definition) is 0. The lowest BCUT2D eigenvalue weighted by atomic mass is 10.2. The Hall–Kier alpha value is -2.84. The van der Waals surface area contributed by atoms with E-state index in [4.69, 9.17) is 9.40 Å². The molecule has 0 fully saturated rings. The van der Waals surface area contributed by atoms with Gasteiger partial charge in [0.1, 0.15) is 10.6 Å². The summed E-state index contributed by atoms with van der Waals surface area (Å²) in [5.41, 5.74) is 2.00. The zero-order valence-electron chi connectivity index (χ0n) is 18.3. The zero-order chi connectivity index (χ0) is 22.7. The summed E-state index contributed by atoms with van der Waals surface area (Å²) in [5.74, 6) is 0.883. The number of rotatable bonds is 8. The quantitative estimate of drug-likeness (QED) is 0.269. The van der Waals surface area contributed by atoms with E-state index < -0.39 is 0 Å². The first kappa shape index (κ1) is 22.4. The van der Waals surface area contributed by atoms with Gasteiger partial charge in [0.15, 0.2) is 5.16 Å². The fourth-order valence-corrected chi connectivity index (χ4v) is 5.58. The normalized spacial score (nSPS) is 11.2. The number of furan rings is 1. The second-order valence-corrected chi connectivity index (χ2v) is 9.66. The average molecular weight is 468 g/mol. The number of carbonyl (C=O) groups is 1. The molecule has 6 nitrogen and oxygen atoms in total. The lowest BCUT2D eigenvalue weighted by Gasteiger charge is -2.22. The van der Waals surface area contributed by atoms with E-state index >= 15 is 0 Å². The number of thiophene rings is 1. The third-order valence-electron chi connectivity index (χ3n) is 5.39. The van der Waals surface area contributed by atoms with E-state index in [0.29, 0.717) is 30.2 Å².